The molecule has 0 radical (unpaired) electrons. The fraction of sp³-hybridized carbons (Fsp3) is 0.455. The van der Waals surface area contributed by atoms with Gasteiger partial charge in [0.1, 0.15) is 11.6 Å². The van der Waals surface area contributed by atoms with Crippen molar-refractivity contribution in [1.29, 1.82) is 0 Å². The summed E-state index contributed by atoms with van der Waals surface area (Å²) in [6, 6.07) is 0. The van der Waals surface area contributed by atoms with E-state index in [0.29, 0.717) is 6.42 Å². The second kappa shape index (κ2) is 14.9. The normalized spacial score (nSPS) is 7.33. The summed E-state index contributed by atoms with van der Waals surface area (Å²) < 4.78 is 0. The number of carbonyl (C=O) groups is 3. The zero-order valence-electron chi connectivity index (χ0n) is 10.5. The summed E-state index contributed by atoms with van der Waals surface area (Å²) in [6.45, 7) is 7.59. The lowest BCUT2D eigenvalue weighted by Gasteiger charge is -1.93. The molecule has 0 fully saturated rings. The summed E-state index contributed by atoms with van der Waals surface area (Å²) in [5.41, 5.74) is 0. The largest absolute Gasteiger partial charge is 0.373 e. The molecule has 0 unspecified atom stereocenters. The summed E-state index contributed by atoms with van der Waals surface area (Å²) in [4.78, 5) is 50.2. The van der Waals surface area contributed by atoms with Crippen molar-refractivity contribution >= 4 is 23.5 Å². The Balaban J connectivity index is -0.000000207. The maximum Gasteiger partial charge on any atom is 0.373 e. The van der Waals surface area contributed by atoms with Gasteiger partial charge in [0, 0.05) is 6.42 Å². The average molecular weight is 260 g/mol. The first-order valence-corrected chi connectivity index (χ1v) is 4.78. The SMILES string of the molecule is C=C(OO)C(=O)CC.CC(=O)CC(C)=O.O=C=O. The maximum atomic E-state index is 10.4. The third-order valence-corrected chi connectivity index (χ3v) is 1.24. The molecule has 1 N–H and O–H groups in total. The van der Waals surface area contributed by atoms with Crippen LogP contribution in [-0.4, -0.2) is 28.8 Å². The molecular weight excluding hydrogens is 244 g/mol. The zero-order valence-corrected chi connectivity index (χ0v) is 10.5. The molecule has 0 aromatic heterocycles. The molecule has 0 spiro atoms. The van der Waals surface area contributed by atoms with Crippen LogP contribution in [0.4, 0.5) is 0 Å². The molecule has 0 aromatic rings. The van der Waals surface area contributed by atoms with Crippen molar-refractivity contribution in [3.8, 4) is 0 Å². The van der Waals surface area contributed by atoms with Crippen LogP contribution in [0, 0.1) is 0 Å². The molecule has 0 aliphatic rings. The highest BCUT2D eigenvalue weighted by molar-refractivity contribution is 5.96. The predicted octanol–water partition coefficient (Wildman–Crippen LogP) is 0.940. The Hall–Kier alpha value is -2.11. The number of ketones is 3. The molecular formula is C11H16O7. The fourth-order valence-corrected chi connectivity index (χ4v) is 0.599. The Labute approximate surface area is 104 Å². The molecule has 0 bridgehead atoms. The first-order chi connectivity index (χ1) is 8.26. The van der Waals surface area contributed by atoms with E-state index >= 15 is 0 Å². The molecule has 0 heterocycles. The van der Waals surface area contributed by atoms with E-state index in [1.165, 1.54) is 13.8 Å². The Morgan fingerprint density at radius 2 is 1.50 bits per heavy atom. The van der Waals surface area contributed by atoms with Gasteiger partial charge in [-0.1, -0.05) is 6.92 Å². The van der Waals surface area contributed by atoms with Crippen molar-refractivity contribution < 1.29 is 34.1 Å². The lowest BCUT2D eigenvalue weighted by Crippen LogP contribution is -2.00. The minimum Gasteiger partial charge on any atom is -0.337 e. The summed E-state index contributed by atoms with van der Waals surface area (Å²) in [6.07, 6.45) is 0.638. The molecule has 0 amide bonds. The summed E-state index contributed by atoms with van der Waals surface area (Å²) >= 11 is 0. The highest BCUT2D eigenvalue weighted by Crippen LogP contribution is 1.94. The first-order valence-electron chi connectivity index (χ1n) is 4.78. The van der Waals surface area contributed by atoms with E-state index in [4.69, 9.17) is 14.8 Å². The topological polar surface area (TPSA) is 115 Å². The van der Waals surface area contributed by atoms with Crippen molar-refractivity contribution in [2.45, 2.75) is 33.6 Å². The van der Waals surface area contributed by atoms with E-state index in [1.54, 1.807) is 6.92 Å². The zero-order chi connectivity index (χ0) is 15.1. The molecule has 0 aliphatic heterocycles. The first kappa shape index (κ1) is 21.2. The van der Waals surface area contributed by atoms with Gasteiger partial charge in [0.15, 0.2) is 0 Å². The van der Waals surface area contributed by atoms with Gasteiger partial charge in [-0.05, 0) is 20.4 Å². The smallest absolute Gasteiger partial charge is 0.337 e. The van der Waals surface area contributed by atoms with Gasteiger partial charge in [0.2, 0.25) is 11.5 Å². The van der Waals surface area contributed by atoms with Crippen LogP contribution in [0.25, 0.3) is 0 Å². The predicted molar refractivity (Wildman–Crippen MR) is 59.1 cm³/mol. The fourth-order valence-electron chi connectivity index (χ4n) is 0.599. The third-order valence-electron chi connectivity index (χ3n) is 1.24. The number of hydrogen-bond donors (Lipinski definition) is 1. The van der Waals surface area contributed by atoms with Gasteiger partial charge in [-0.2, -0.15) is 9.59 Å². The Morgan fingerprint density at radius 1 is 1.17 bits per heavy atom. The highest BCUT2D eigenvalue weighted by Gasteiger charge is 2.02. The van der Waals surface area contributed by atoms with Gasteiger partial charge in [-0.3, -0.25) is 14.4 Å². The molecule has 0 saturated carbocycles. The quantitative estimate of drug-likeness (QED) is 0.257. The van der Waals surface area contributed by atoms with Crippen molar-refractivity contribution in [1.82, 2.24) is 0 Å². The van der Waals surface area contributed by atoms with E-state index in [9.17, 15) is 14.4 Å². The van der Waals surface area contributed by atoms with Crippen LogP contribution in [0.2, 0.25) is 0 Å². The molecule has 0 aromatic carbocycles. The van der Waals surface area contributed by atoms with Crippen LogP contribution >= 0.6 is 0 Å². The van der Waals surface area contributed by atoms with Crippen molar-refractivity contribution in [3.05, 3.63) is 12.3 Å². The molecule has 102 valence electrons. The lowest BCUT2D eigenvalue weighted by atomic mass is 10.2. The van der Waals surface area contributed by atoms with Gasteiger partial charge in [0.25, 0.3) is 0 Å². The molecule has 18 heavy (non-hydrogen) atoms. The van der Waals surface area contributed by atoms with Gasteiger partial charge < -0.3 is 4.89 Å². The van der Waals surface area contributed by atoms with Crippen LogP contribution in [0.3, 0.4) is 0 Å². The van der Waals surface area contributed by atoms with E-state index in [2.05, 4.69) is 11.5 Å². The summed E-state index contributed by atoms with van der Waals surface area (Å²) in [5.74, 6) is -0.611. The van der Waals surface area contributed by atoms with E-state index < -0.39 is 0 Å². The minimum atomic E-state index is -0.285. The lowest BCUT2D eigenvalue weighted by molar-refractivity contribution is -0.204. The van der Waals surface area contributed by atoms with Crippen LogP contribution < -0.4 is 0 Å². The molecule has 0 saturated heterocycles. The number of hydrogen-bond acceptors (Lipinski definition) is 7. The molecule has 0 rings (SSSR count). The van der Waals surface area contributed by atoms with Crippen LogP contribution in [0.1, 0.15) is 33.6 Å². The van der Waals surface area contributed by atoms with Crippen LogP contribution in [0.15, 0.2) is 12.3 Å². The summed E-state index contributed by atoms with van der Waals surface area (Å²) in [7, 11) is 0. The third kappa shape index (κ3) is 23.6. The molecule has 0 atom stereocenters. The molecule has 7 nitrogen and oxygen atoms in total. The van der Waals surface area contributed by atoms with E-state index in [1.807, 2.05) is 0 Å². The Kier molecular flexibility index (Phi) is 17.5. The summed E-state index contributed by atoms with van der Waals surface area (Å²) in [5, 5.41) is 7.82. The Bertz CT molecular complexity index is 298. The number of Topliss-reactive ketones (excluding diaryl/α,β-unsaturated/α-hetero) is 3. The van der Waals surface area contributed by atoms with E-state index in [-0.39, 0.29) is 35.7 Å². The van der Waals surface area contributed by atoms with Crippen LogP contribution in [0.5, 0.6) is 0 Å². The van der Waals surface area contributed by atoms with Crippen molar-refractivity contribution in [3.63, 3.8) is 0 Å². The monoisotopic (exact) mass is 260 g/mol. The van der Waals surface area contributed by atoms with Crippen LogP contribution in [-0.2, 0) is 28.9 Å². The second-order valence-electron chi connectivity index (χ2n) is 2.96. The maximum absolute atomic E-state index is 10.4. The van der Waals surface area contributed by atoms with E-state index in [0.717, 1.165) is 0 Å². The second-order valence-corrected chi connectivity index (χ2v) is 2.96. The molecule has 7 heteroatoms. The van der Waals surface area contributed by atoms with Gasteiger partial charge >= 0.3 is 6.15 Å². The average Bonchev–Trinajstić information content (AvgIpc) is 2.27. The minimum absolute atomic E-state index is 0.0625. The Morgan fingerprint density at radius 3 is 1.56 bits per heavy atom. The number of allylic oxidation sites excluding steroid dienone is 1. The van der Waals surface area contributed by atoms with Gasteiger partial charge in [-0.15, -0.1) is 0 Å². The van der Waals surface area contributed by atoms with Gasteiger partial charge in [-0.25, -0.2) is 5.26 Å². The number of carbonyl (C=O) groups excluding carboxylic acids is 5. The highest BCUT2D eigenvalue weighted by atomic mass is 17.1. The van der Waals surface area contributed by atoms with Gasteiger partial charge in [0.05, 0.1) is 6.42 Å². The standard InChI is InChI=1S/C5H8O3.C5H8O2.CO2/c1-3-5(6)4(2)8-7;1-4(6)3-5(2)7;2-1-3/h7H,2-3H2,1H3;3H2,1-2H3;. The van der Waals surface area contributed by atoms with Crippen molar-refractivity contribution in [2.24, 2.45) is 0 Å². The molecule has 0 aliphatic carbocycles. The van der Waals surface area contributed by atoms with Crippen molar-refractivity contribution in [2.75, 3.05) is 0 Å². The number of rotatable bonds is 5.